The van der Waals surface area contributed by atoms with Crippen molar-refractivity contribution in [3.05, 3.63) is 0 Å². The minimum Gasteiger partial charge on any atom is -0.481 e. The van der Waals surface area contributed by atoms with Crippen molar-refractivity contribution >= 4 is 29.7 Å². The summed E-state index contributed by atoms with van der Waals surface area (Å²) >= 11 is 0. The Morgan fingerprint density at radius 1 is 0.857 bits per heavy atom. The predicted octanol–water partition coefficient (Wildman–Crippen LogP) is -2.61. The molecule has 0 bridgehead atoms. The highest BCUT2D eigenvalue weighted by Gasteiger charge is 2.31. The van der Waals surface area contributed by atoms with Crippen molar-refractivity contribution in [2.45, 2.75) is 57.8 Å². The van der Waals surface area contributed by atoms with Gasteiger partial charge in [0.2, 0.25) is 17.7 Å². The van der Waals surface area contributed by atoms with Crippen molar-refractivity contribution < 1.29 is 39.3 Å². The Hall–Kier alpha value is -2.73. The first-order valence-corrected chi connectivity index (χ1v) is 8.62. The number of carboxylic acid groups (broad SMARTS) is 2. The minimum absolute atomic E-state index is 0.368. The zero-order valence-electron chi connectivity index (χ0n) is 16.0. The Morgan fingerprint density at radius 3 is 1.79 bits per heavy atom. The molecule has 12 heteroatoms. The van der Waals surface area contributed by atoms with Crippen LogP contribution in [0.15, 0.2) is 0 Å². The van der Waals surface area contributed by atoms with Crippen LogP contribution in [-0.2, 0) is 24.0 Å². The number of nitrogens with one attached hydrogen (secondary N) is 3. The Bertz CT molecular complexity index is 593. The number of carbonyl (C=O) groups is 5. The van der Waals surface area contributed by atoms with Crippen molar-refractivity contribution in [2.75, 3.05) is 6.61 Å². The smallest absolute Gasteiger partial charge is 0.326 e. The molecule has 0 aromatic heterocycles. The molecule has 28 heavy (non-hydrogen) atoms. The fraction of sp³-hybridized carbons (Fsp3) is 0.688. The summed E-state index contributed by atoms with van der Waals surface area (Å²) in [4.78, 5) is 58.1. The third-order valence-corrected chi connectivity index (χ3v) is 3.74. The van der Waals surface area contributed by atoms with Gasteiger partial charge in [-0.2, -0.15) is 0 Å². The Kier molecular flexibility index (Phi) is 10.7. The van der Waals surface area contributed by atoms with E-state index in [9.17, 15) is 29.1 Å². The fourth-order valence-corrected chi connectivity index (χ4v) is 2.07. The zero-order chi connectivity index (χ0) is 22.0. The second-order valence-corrected chi connectivity index (χ2v) is 6.59. The first-order valence-electron chi connectivity index (χ1n) is 8.62. The number of carboxylic acids is 2. The first kappa shape index (κ1) is 25.3. The second-order valence-electron chi connectivity index (χ2n) is 6.59. The summed E-state index contributed by atoms with van der Waals surface area (Å²) in [5.41, 5.74) is 5.45. The normalized spacial score (nSPS) is 15.1. The lowest BCUT2D eigenvalue weighted by molar-refractivity contribution is -0.143. The predicted molar refractivity (Wildman–Crippen MR) is 95.9 cm³/mol. The van der Waals surface area contributed by atoms with Gasteiger partial charge in [0.1, 0.15) is 18.1 Å². The Morgan fingerprint density at radius 2 is 1.39 bits per heavy atom. The summed E-state index contributed by atoms with van der Waals surface area (Å²) < 4.78 is 0. The van der Waals surface area contributed by atoms with E-state index in [1.165, 1.54) is 6.92 Å². The highest BCUT2D eigenvalue weighted by molar-refractivity contribution is 5.94. The van der Waals surface area contributed by atoms with Crippen molar-refractivity contribution in [2.24, 2.45) is 11.7 Å². The molecule has 3 amide bonds. The second kappa shape index (κ2) is 11.9. The number of hydrogen-bond donors (Lipinski definition) is 7. The molecule has 0 aromatic rings. The van der Waals surface area contributed by atoms with Gasteiger partial charge in [-0.3, -0.25) is 19.2 Å². The van der Waals surface area contributed by atoms with Crippen LogP contribution in [0.4, 0.5) is 0 Å². The summed E-state index contributed by atoms with van der Waals surface area (Å²) in [5, 5.41) is 33.8. The van der Waals surface area contributed by atoms with E-state index in [1.807, 2.05) is 0 Å². The van der Waals surface area contributed by atoms with Gasteiger partial charge in [0.15, 0.2) is 0 Å². The molecule has 0 aliphatic heterocycles. The summed E-state index contributed by atoms with van der Waals surface area (Å²) in [6.07, 6.45) is -0.867. The van der Waals surface area contributed by atoms with E-state index in [-0.39, 0.29) is 12.3 Å². The number of rotatable bonds is 12. The number of aliphatic hydroxyl groups excluding tert-OH is 1. The van der Waals surface area contributed by atoms with Crippen molar-refractivity contribution in [3.8, 4) is 0 Å². The van der Waals surface area contributed by atoms with Gasteiger partial charge in [-0.1, -0.05) is 13.8 Å². The number of amides is 3. The number of aliphatic carboxylic acids is 2. The maximum Gasteiger partial charge on any atom is 0.326 e. The SMILES string of the molecule is CC(C)[C@H](NC(=O)[C@H](C)N)C(=O)N[C@@H](CO)C(=O)N[C@@H](CCC(=O)O)C(=O)O. The highest BCUT2D eigenvalue weighted by Crippen LogP contribution is 2.04. The number of nitrogens with two attached hydrogens (primary N) is 1. The molecule has 0 radical (unpaired) electrons. The number of hydrogen-bond acceptors (Lipinski definition) is 7. The van der Waals surface area contributed by atoms with Crippen LogP contribution in [0.1, 0.15) is 33.6 Å². The van der Waals surface area contributed by atoms with Gasteiger partial charge in [0.25, 0.3) is 0 Å². The molecule has 0 heterocycles. The molecule has 0 unspecified atom stereocenters. The van der Waals surface area contributed by atoms with E-state index in [2.05, 4.69) is 16.0 Å². The fourth-order valence-electron chi connectivity index (χ4n) is 2.07. The van der Waals surface area contributed by atoms with Crippen LogP contribution in [0.2, 0.25) is 0 Å². The lowest BCUT2D eigenvalue weighted by Gasteiger charge is -2.25. The summed E-state index contributed by atoms with van der Waals surface area (Å²) in [6, 6.07) is -4.90. The van der Waals surface area contributed by atoms with Gasteiger partial charge < -0.3 is 37.0 Å². The van der Waals surface area contributed by atoms with Crippen LogP contribution in [0, 0.1) is 5.92 Å². The third kappa shape index (κ3) is 8.77. The number of aliphatic hydroxyl groups is 1. The van der Waals surface area contributed by atoms with E-state index >= 15 is 0 Å². The molecule has 160 valence electrons. The van der Waals surface area contributed by atoms with Gasteiger partial charge in [-0.15, -0.1) is 0 Å². The van der Waals surface area contributed by atoms with Crippen LogP contribution >= 0.6 is 0 Å². The van der Waals surface area contributed by atoms with Crippen molar-refractivity contribution in [3.63, 3.8) is 0 Å². The minimum atomic E-state index is -1.51. The molecule has 12 nitrogen and oxygen atoms in total. The average molecular weight is 404 g/mol. The monoisotopic (exact) mass is 404 g/mol. The Balaban J connectivity index is 5.09. The van der Waals surface area contributed by atoms with Gasteiger partial charge in [0.05, 0.1) is 12.6 Å². The summed E-state index contributed by atoms with van der Waals surface area (Å²) in [7, 11) is 0. The molecule has 4 atom stereocenters. The van der Waals surface area contributed by atoms with Crippen molar-refractivity contribution in [1.82, 2.24) is 16.0 Å². The van der Waals surface area contributed by atoms with Crippen LogP contribution in [0.5, 0.6) is 0 Å². The molecule has 0 aliphatic rings. The van der Waals surface area contributed by atoms with E-state index in [4.69, 9.17) is 15.9 Å². The lowest BCUT2D eigenvalue weighted by Crippen LogP contribution is -2.59. The van der Waals surface area contributed by atoms with Crippen LogP contribution in [0.3, 0.4) is 0 Å². The quantitative estimate of drug-likeness (QED) is 0.181. The maximum absolute atomic E-state index is 12.4. The van der Waals surface area contributed by atoms with E-state index < -0.39 is 66.9 Å². The molecule has 0 rings (SSSR count). The van der Waals surface area contributed by atoms with Gasteiger partial charge >= 0.3 is 11.9 Å². The molecule has 0 saturated carbocycles. The summed E-state index contributed by atoms with van der Waals surface area (Å²) in [6.45, 7) is 3.88. The molecule has 8 N–H and O–H groups in total. The Labute approximate surface area is 161 Å². The van der Waals surface area contributed by atoms with E-state index in [0.29, 0.717) is 0 Å². The van der Waals surface area contributed by atoms with Gasteiger partial charge in [-0.25, -0.2) is 4.79 Å². The average Bonchev–Trinajstić information content (AvgIpc) is 2.59. The molecule has 0 aromatic carbocycles. The van der Waals surface area contributed by atoms with Gasteiger partial charge in [-0.05, 0) is 19.3 Å². The molecule has 0 spiro atoms. The van der Waals surface area contributed by atoms with E-state index in [1.54, 1.807) is 13.8 Å². The third-order valence-electron chi connectivity index (χ3n) is 3.74. The molecule has 0 saturated heterocycles. The van der Waals surface area contributed by atoms with Crippen LogP contribution in [0.25, 0.3) is 0 Å². The molecule has 0 aliphatic carbocycles. The summed E-state index contributed by atoms with van der Waals surface area (Å²) in [5.74, 6) is -5.42. The zero-order valence-corrected chi connectivity index (χ0v) is 16.0. The maximum atomic E-state index is 12.4. The van der Waals surface area contributed by atoms with Crippen molar-refractivity contribution in [1.29, 1.82) is 0 Å². The van der Waals surface area contributed by atoms with Crippen LogP contribution in [-0.4, -0.2) is 75.8 Å². The molecule has 0 fully saturated rings. The topological polar surface area (TPSA) is 208 Å². The first-order chi connectivity index (χ1) is 12.9. The van der Waals surface area contributed by atoms with Crippen LogP contribution < -0.4 is 21.7 Å². The van der Waals surface area contributed by atoms with Gasteiger partial charge in [0, 0.05) is 6.42 Å². The largest absolute Gasteiger partial charge is 0.481 e. The van der Waals surface area contributed by atoms with E-state index in [0.717, 1.165) is 0 Å². The standard InChI is InChI=1S/C16H28N4O8/c1-7(2)12(20-13(24)8(3)17)15(26)19-10(6-21)14(25)18-9(16(27)28)4-5-11(22)23/h7-10,12,21H,4-6,17H2,1-3H3,(H,18,25)(H,19,26)(H,20,24)(H,22,23)(H,27,28)/t8-,9-,10-,12-/m0/s1. The lowest BCUT2D eigenvalue weighted by atomic mass is 10.0. The molecular weight excluding hydrogens is 376 g/mol. The molecular formula is C16H28N4O8. The highest BCUT2D eigenvalue weighted by atomic mass is 16.4. The number of carbonyl (C=O) groups excluding carboxylic acids is 3.